The molecule has 0 aliphatic carbocycles. The van der Waals surface area contributed by atoms with Gasteiger partial charge in [0.2, 0.25) is 0 Å². The topological polar surface area (TPSA) is 96.5 Å². The van der Waals surface area contributed by atoms with Gasteiger partial charge in [-0.25, -0.2) is 18.6 Å². The molecule has 170 valence electrons. The molecule has 32 heavy (non-hydrogen) atoms. The number of hydrogen-bond donors (Lipinski definition) is 2. The van der Waals surface area contributed by atoms with Crippen molar-refractivity contribution in [3.05, 3.63) is 48.0 Å². The van der Waals surface area contributed by atoms with Crippen LogP contribution in [0, 0.1) is 12.7 Å². The number of aromatic nitrogens is 2. The Morgan fingerprint density at radius 1 is 1.25 bits per heavy atom. The van der Waals surface area contributed by atoms with Crippen molar-refractivity contribution in [2.45, 2.75) is 20.0 Å². The Morgan fingerprint density at radius 2 is 1.97 bits per heavy atom. The number of fused-ring (bicyclic) bond motifs is 1. The number of halogens is 1. The molecule has 0 bridgehead atoms. The quantitative estimate of drug-likeness (QED) is 0.526. The molecule has 0 aliphatic rings. The number of benzene rings is 2. The van der Waals surface area contributed by atoms with E-state index in [-0.39, 0.29) is 11.7 Å². The van der Waals surface area contributed by atoms with Crippen molar-refractivity contribution in [2.24, 2.45) is 0 Å². The fraction of sp³-hybridized carbons (Fsp3) is 0.273. The largest absolute Gasteiger partial charge is 0.479 e. The Bertz CT molecular complexity index is 1280. The molecule has 10 heteroatoms. The fourth-order valence-corrected chi connectivity index (χ4v) is 3.84. The fourth-order valence-electron chi connectivity index (χ4n) is 3.22. The summed E-state index contributed by atoms with van der Waals surface area (Å²) in [5.41, 5.74) is 2.52. The minimum Gasteiger partial charge on any atom is -0.479 e. The molecule has 1 aromatic heterocycles. The van der Waals surface area contributed by atoms with Crippen molar-refractivity contribution in [3.8, 4) is 5.75 Å². The molecule has 3 aromatic rings. The maximum absolute atomic E-state index is 13.9. The highest BCUT2D eigenvalue weighted by molar-refractivity contribution is 8.00. The number of carbonyl (C=O) groups is 1. The molecule has 1 heterocycles. The van der Waals surface area contributed by atoms with E-state index < -0.39 is 21.6 Å². The Balaban J connectivity index is 2.00. The molecule has 2 aromatic carbocycles. The summed E-state index contributed by atoms with van der Waals surface area (Å²) < 4.78 is 34.6. The maximum Gasteiger partial charge on any atom is 0.262 e. The van der Waals surface area contributed by atoms with Crippen molar-refractivity contribution in [1.29, 1.82) is 0 Å². The van der Waals surface area contributed by atoms with Crippen LogP contribution in [-0.2, 0) is 14.5 Å². The van der Waals surface area contributed by atoms with Gasteiger partial charge in [0.25, 0.3) is 5.91 Å². The first-order valence-corrected chi connectivity index (χ1v) is 11.9. The van der Waals surface area contributed by atoms with Crippen LogP contribution >= 0.6 is 0 Å². The van der Waals surface area contributed by atoms with E-state index in [4.69, 9.17) is 4.74 Å². The zero-order valence-corrected chi connectivity index (χ0v) is 19.4. The number of carbonyl (C=O) groups excluding carboxylic acids is 1. The van der Waals surface area contributed by atoms with Crippen molar-refractivity contribution >= 4 is 49.6 Å². The van der Waals surface area contributed by atoms with Crippen molar-refractivity contribution < 1.29 is 18.1 Å². The smallest absolute Gasteiger partial charge is 0.262 e. The third kappa shape index (κ3) is 5.44. The summed E-state index contributed by atoms with van der Waals surface area (Å²) in [5.74, 6) is 3.53. The lowest BCUT2D eigenvalue weighted by atomic mass is 10.1. The number of rotatable bonds is 7. The Kier molecular flexibility index (Phi) is 6.54. The molecular weight excluding hydrogens is 433 g/mol. The minimum absolute atomic E-state index is 0.179. The summed E-state index contributed by atoms with van der Waals surface area (Å²) in [5, 5.41) is 3.90. The Labute approximate surface area is 187 Å². The first-order valence-electron chi connectivity index (χ1n) is 9.74. The molecule has 0 fully saturated rings. The minimum atomic E-state index is -2.45. The predicted octanol–water partition coefficient (Wildman–Crippen LogP) is 3.35. The van der Waals surface area contributed by atoms with Gasteiger partial charge in [-0.05, 0) is 49.5 Å². The van der Waals surface area contributed by atoms with Crippen LogP contribution in [0.25, 0.3) is 10.9 Å². The average Bonchev–Trinajstić information content (AvgIpc) is 2.67. The van der Waals surface area contributed by atoms with Gasteiger partial charge in [0.15, 0.2) is 6.10 Å². The first kappa shape index (κ1) is 23.3. The van der Waals surface area contributed by atoms with E-state index in [1.165, 1.54) is 35.7 Å². The van der Waals surface area contributed by atoms with Crippen molar-refractivity contribution in [2.75, 3.05) is 30.4 Å². The standard InChI is InChI=1S/C22H26FN5O3S/c1-13-9-16(27-32(5,6)30)11-18-20(13)21(25-12-24-18)26-17-8-7-15(23)10-19(17)31-14(2)22(29)28(3)4/h7-12,14H,5H2,1-4,6H3,(H,27,30)(H,24,25,26)/t14-,32?/m1/s1. The molecule has 2 N–H and O–H groups in total. The number of nitrogens with zero attached hydrogens (tertiary/aromatic N) is 3. The van der Waals surface area contributed by atoms with Crippen LogP contribution in [0.5, 0.6) is 5.75 Å². The van der Waals surface area contributed by atoms with E-state index in [9.17, 15) is 13.4 Å². The van der Waals surface area contributed by atoms with E-state index in [0.717, 1.165) is 10.9 Å². The second-order valence-corrected chi connectivity index (χ2v) is 9.99. The van der Waals surface area contributed by atoms with E-state index in [1.54, 1.807) is 27.1 Å². The average molecular weight is 460 g/mol. The lowest BCUT2D eigenvalue weighted by Gasteiger charge is -2.21. The summed E-state index contributed by atoms with van der Waals surface area (Å²) in [6.45, 7) is 3.48. The molecule has 0 saturated heterocycles. The third-order valence-electron chi connectivity index (χ3n) is 4.56. The van der Waals surface area contributed by atoms with Gasteiger partial charge >= 0.3 is 0 Å². The lowest BCUT2D eigenvalue weighted by Crippen LogP contribution is -2.35. The maximum atomic E-state index is 13.9. The molecule has 0 spiro atoms. The summed E-state index contributed by atoms with van der Waals surface area (Å²) in [6, 6.07) is 7.60. The predicted molar refractivity (Wildman–Crippen MR) is 128 cm³/mol. The van der Waals surface area contributed by atoms with Crippen LogP contribution in [0.4, 0.5) is 21.6 Å². The van der Waals surface area contributed by atoms with Crippen LogP contribution < -0.4 is 14.8 Å². The normalized spacial score (nSPS) is 13.8. The molecule has 3 rings (SSSR count). The third-order valence-corrected chi connectivity index (χ3v) is 5.23. The summed E-state index contributed by atoms with van der Waals surface area (Å²) in [6.07, 6.45) is 2.10. The molecule has 2 atom stereocenters. The number of likely N-dealkylation sites (N-methyl/N-ethyl adjacent to an activating group) is 1. The van der Waals surface area contributed by atoms with Crippen molar-refractivity contribution in [1.82, 2.24) is 14.9 Å². The molecule has 0 aliphatic heterocycles. The zero-order valence-electron chi connectivity index (χ0n) is 18.6. The Hall–Kier alpha value is -3.40. The number of hydrogen-bond acceptors (Lipinski definition) is 6. The molecule has 0 radical (unpaired) electrons. The van der Waals surface area contributed by atoms with Crippen LogP contribution in [0.3, 0.4) is 0 Å². The van der Waals surface area contributed by atoms with Gasteiger partial charge in [-0.3, -0.25) is 4.79 Å². The number of amides is 1. The lowest BCUT2D eigenvalue weighted by molar-refractivity contribution is -0.135. The first-order chi connectivity index (χ1) is 14.9. The molecule has 1 unspecified atom stereocenters. The molecule has 8 nitrogen and oxygen atoms in total. The van der Waals surface area contributed by atoms with E-state index in [2.05, 4.69) is 25.9 Å². The van der Waals surface area contributed by atoms with E-state index in [1.807, 2.05) is 13.0 Å². The van der Waals surface area contributed by atoms with E-state index in [0.29, 0.717) is 22.7 Å². The summed E-state index contributed by atoms with van der Waals surface area (Å²) in [4.78, 5) is 22.2. The highest BCUT2D eigenvalue weighted by Gasteiger charge is 2.19. The van der Waals surface area contributed by atoms with Crippen LogP contribution in [-0.4, -0.2) is 57.3 Å². The van der Waals surface area contributed by atoms with Crippen molar-refractivity contribution in [3.63, 3.8) is 0 Å². The molecule has 0 saturated carbocycles. The van der Waals surface area contributed by atoms with Gasteiger partial charge in [0.1, 0.15) is 23.7 Å². The summed E-state index contributed by atoms with van der Waals surface area (Å²) >= 11 is 0. The van der Waals surface area contributed by atoms with Gasteiger partial charge in [0, 0.05) is 47.2 Å². The van der Waals surface area contributed by atoms with Gasteiger partial charge in [0.05, 0.1) is 11.2 Å². The number of anilines is 3. The number of ether oxygens (including phenoxy) is 1. The second-order valence-electron chi connectivity index (χ2n) is 7.77. The zero-order chi connectivity index (χ0) is 23.6. The highest BCUT2D eigenvalue weighted by atomic mass is 32.2. The van der Waals surface area contributed by atoms with Gasteiger partial charge in [-0.1, -0.05) is 0 Å². The van der Waals surface area contributed by atoms with E-state index >= 15 is 0 Å². The van der Waals surface area contributed by atoms with Crippen LogP contribution in [0.2, 0.25) is 0 Å². The Morgan fingerprint density at radius 3 is 2.62 bits per heavy atom. The second kappa shape index (κ2) is 8.99. The van der Waals surface area contributed by atoms with Gasteiger partial charge in [-0.15, -0.1) is 0 Å². The van der Waals surface area contributed by atoms with Gasteiger partial charge in [-0.2, -0.15) is 0 Å². The molecule has 1 amide bonds. The van der Waals surface area contributed by atoms with Gasteiger partial charge < -0.3 is 19.7 Å². The van der Waals surface area contributed by atoms with Crippen LogP contribution in [0.15, 0.2) is 36.7 Å². The SMILES string of the molecule is C=S(C)(=O)Nc1cc(C)c2c(Nc3ccc(F)cc3O[C@H](C)C(=O)N(C)C)ncnc2c1. The van der Waals surface area contributed by atoms with Crippen LogP contribution in [0.1, 0.15) is 12.5 Å². The summed E-state index contributed by atoms with van der Waals surface area (Å²) in [7, 11) is 0.797. The number of aryl methyl sites for hydroxylation is 1. The number of nitrogens with one attached hydrogen (secondary N) is 2. The molecular formula is C22H26FN5O3S. The highest BCUT2D eigenvalue weighted by Crippen LogP contribution is 2.33. The monoisotopic (exact) mass is 459 g/mol.